The van der Waals surface area contributed by atoms with E-state index >= 15 is 0 Å². The van der Waals surface area contributed by atoms with Gasteiger partial charge in [0.05, 0.1) is 29.7 Å². The van der Waals surface area contributed by atoms with Crippen LogP contribution in [0.5, 0.6) is 0 Å². The predicted molar refractivity (Wildman–Crippen MR) is 108 cm³/mol. The molecular weight excluding hydrogens is 409 g/mol. The van der Waals surface area contributed by atoms with Crippen LogP contribution in [0.1, 0.15) is 30.7 Å². The number of carbonyl (C=O) groups is 1. The smallest absolute Gasteiger partial charge is 0.227 e. The van der Waals surface area contributed by atoms with E-state index in [4.69, 9.17) is 0 Å². The number of nitrogens with one attached hydrogen (secondary N) is 1. The number of halogens is 1. The van der Waals surface area contributed by atoms with Crippen molar-refractivity contribution in [3.63, 3.8) is 0 Å². The number of carbonyl (C=O) groups excluding carboxylic acids is 1. The lowest BCUT2D eigenvalue weighted by Crippen LogP contribution is -2.54. The summed E-state index contributed by atoms with van der Waals surface area (Å²) >= 11 is 0. The first kappa shape index (κ1) is 19.5. The number of hydrogen-bond acceptors (Lipinski definition) is 6. The Morgan fingerprint density at radius 1 is 1.23 bits per heavy atom. The van der Waals surface area contributed by atoms with Crippen LogP contribution in [0.4, 0.5) is 10.1 Å². The maximum absolute atomic E-state index is 14.9. The van der Waals surface area contributed by atoms with E-state index in [-0.39, 0.29) is 40.6 Å². The lowest BCUT2D eigenvalue weighted by molar-refractivity contribution is -0.120. The van der Waals surface area contributed by atoms with Gasteiger partial charge in [-0.1, -0.05) is 6.07 Å². The van der Waals surface area contributed by atoms with Crippen LogP contribution >= 0.6 is 0 Å². The summed E-state index contributed by atoms with van der Waals surface area (Å²) in [4.78, 5) is 18.3. The monoisotopic (exact) mass is 433 g/mol. The largest absolute Gasteiger partial charge is 0.369 e. The van der Waals surface area contributed by atoms with E-state index in [0.29, 0.717) is 37.3 Å². The second-order valence-electron chi connectivity index (χ2n) is 8.84. The maximum atomic E-state index is 14.9. The minimum absolute atomic E-state index is 0.0658. The van der Waals surface area contributed by atoms with E-state index in [1.165, 1.54) is 12.4 Å². The van der Waals surface area contributed by atoms with Crippen molar-refractivity contribution in [1.82, 2.24) is 20.1 Å². The quantitative estimate of drug-likeness (QED) is 0.776. The fourth-order valence-electron chi connectivity index (χ4n) is 5.11. The maximum Gasteiger partial charge on any atom is 0.227 e. The van der Waals surface area contributed by atoms with Crippen molar-refractivity contribution in [3.05, 3.63) is 42.2 Å². The summed E-state index contributed by atoms with van der Waals surface area (Å²) < 4.78 is 39.7. The molecule has 0 bridgehead atoms. The Morgan fingerprint density at radius 3 is 2.63 bits per heavy atom. The first-order valence-electron chi connectivity index (χ1n) is 10.2. The van der Waals surface area contributed by atoms with Gasteiger partial charge in [-0.2, -0.15) is 5.10 Å². The molecule has 1 unspecified atom stereocenters. The fraction of sp³-hybridized carbons (Fsp3) is 0.550. The molecule has 3 fully saturated rings. The van der Waals surface area contributed by atoms with Crippen LogP contribution in [0.25, 0.3) is 0 Å². The Labute approximate surface area is 174 Å². The molecule has 10 heteroatoms. The van der Waals surface area contributed by atoms with Crippen molar-refractivity contribution in [2.75, 3.05) is 29.5 Å². The Hall–Kier alpha value is -2.49. The second kappa shape index (κ2) is 7.04. The van der Waals surface area contributed by atoms with Crippen LogP contribution in [0.2, 0.25) is 0 Å². The van der Waals surface area contributed by atoms with Gasteiger partial charge >= 0.3 is 0 Å². The number of hydrogen-bond donors (Lipinski definition) is 1. The van der Waals surface area contributed by atoms with E-state index in [1.54, 1.807) is 17.1 Å². The topological polar surface area (TPSA) is 97.2 Å². The summed E-state index contributed by atoms with van der Waals surface area (Å²) in [5.74, 6) is -0.286. The van der Waals surface area contributed by atoms with Crippen molar-refractivity contribution in [3.8, 4) is 0 Å². The third-order valence-corrected chi connectivity index (χ3v) is 8.75. The summed E-state index contributed by atoms with van der Waals surface area (Å²) in [5.41, 5.74) is 1.09. The van der Waals surface area contributed by atoms with E-state index in [1.807, 2.05) is 11.0 Å². The van der Waals surface area contributed by atoms with Crippen LogP contribution in [0, 0.1) is 11.2 Å². The zero-order chi connectivity index (χ0) is 20.9. The van der Waals surface area contributed by atoms with Gasteiger partial charge in [-0.3, -0.25) is 9.48 Å². The standard InChI is InChI=1S/C20H24FN5O3S/c21-17-7-14(16-8-15(24-19(16)27)9-26-13-22-12-23-26)1-2-18(17)25-5-3-20(4-6-25)10-30(28,29)11-20/h1-2,7,12-13,15-16H,3-6,8-11H2,(H,24,27)/t15?,16-/m1/s1. The molecular formula is C20H24FN5O3S. The van der Waals surface area contributed by atoms with E-state index in [2.05, 4.69) is 15.4 Å². The first-order valence-corrected chi connectivity index (χ1v) is 12.0. The van der Waals surface area contributed by atoms with Crippen LogP contribution in [-0.4, -0.2) is 59.7 Å². The normalized spacial score (nSPS) is 27.1. The molecule has 1 amide bonds. The van der Waals surface area contributed by atoms with Crippen molar-refractivity contribution in [2.24, 2.45) is 5.41 Å². The summed E-state index contributed by atoms with van der Waals surface area (Å²) in [6.07, 6.45) is 5.17. The van der Waals surface area contributed by atoms with E-state index in [9.17, 15) is 17.6 Å². The number of amides is 1. The SMILES string of the molecule is O=C1NC(Cn2cncn2)C[C@@H]1c1ccc(N2CCC3(CC2)CS(=O)(=O)C3)c(F)c1. The average molecular weight is 434 g/mol. The number of aromatic nitrogens is 3. The first-order chi connectivity index (χ1) is 14.3. The number of piperidine rings is 1. The molecule has 160 valence electrons. The molecule has 2 atom stereocenters. The number of rotatable bonds is 4. The van der Waals surface area contributed by atoms with Gasteiger partial charge in [-0.25, -0.2) is 17.8 Å². The predicted octanol–water partition coefficient (Wildman–Crippen LogP) is 1.10. The number of benzene rings is 1. The third kappa shape index (κ3) is 3.57. The van der Waals surface area contributed by atoms with Crippen LogP contribution in [0.15, 0.2) is 30.9 Å². The molecule has 0 radical (unpaired) electrons. The lowest BCUT2D eigenvalue weighted by atomic mass is 9.81. The van der Waals surface area contributed by atoms with E-state index in [0.717, 1.165) is 12.8 Å². The number of sulfone groups is 1. The summed E-state index contributed by atoms with van der Waals surface area (Å²) in [6.45, 7) is 1.83. The van der Waals surface area contributed by atoms with Gasteiger partial charge in [0, 0.05) is 24.5 Å². The number of nitrogens with zero attached hydrogens (tertiary/aromatic N) is 4. The molecule has 0 saturated carbocycles. The van der Waals surface area contributed by atoms with Crippen molar-refractivity contribution in [2.45, 2.75) is 37.8 Å². The molecule has 3 saturated heterocycles. The Kier molecular flexibility index (Phi) is 4.57. The summed E-state index contributed by atoms with van der Waals surface area (Å²) in [5, 5.41) is 7.02. The van der Waals surface area contributed by atoms with Crippen LogP contribution in [-0.2, 0) is 21.2 Å². The second-order valence-corrected chi connectivity index (χ2v) is 10.9. The summed E-state index contributed by atoms with van der Waals surface area (Å²) in [7, 11) is -2.86. The Balaban J connectivity index is 1.25. The lowest BCUT2D eigenvalue weighted by Gasteiger charge is -2.47. The van der Waals surface area contributed by atoms with Gasteiger partial charge in [-0.15, -0.1) is 0 Å². The minimum Gasteiger partial charge on any atom is -0.369 e. The van der Waals surface area contributed by atoms with Gasteiger partial charge in [-0.05, 0) is 37.0 Å². The molecule has 4 heterocycles. The average Bonchev–Trinajstić information content (AvgIpc) is 3.31. The molecule has 1 aromatic carbocycles. The summed E-state index contributed by atoms with van der Waals surface area (Å²) in [6, 6.07) is 4.98. The molecule has 3 aliphatic rings. The molecule has 5 rings (SSSR count). The van der Waals surface area contributed by atoms with Gasteiger partial charge < -0.3 is 10.2 Å². The highest BCUT2D eigenvalue weighted by molar-refractivity contribution is 7.92. The van der Waals surface area contributed by atoms with Gasteiger partial charge in [0.25, 0.3) is 0 Å². The minimum atomic E-state index is -2.86. The number of anilines is 1. The van der Waals surface area contributed by atoms with Gasteiger partial charge in [0.2, 0.25) is 5.91 Å². The zero-order valence-corrected chi connectivity index (χ0v) is 17.3. The molecule has 2 aromatic rings. The Bertz CT molecular complexity index is 1050. The molecule has 1 aromatic heterocycles. The Morgan fingerprint density at radius 2 is 2.00 bits per heavy atom. The van der Waals surface area contributed by atoms with Crippen molar-refractivity contribution in [1.29, 1.82) is 0 Å². The van der Waals surface area contributed by atoms with Gasteiger partial charge in [0.15, 0.2) is 9.84 Å². The molecule has 0 aliphatic carbocycles. The van der Waals surface area contributed by atoms with Crippen molar-refractivity contribution < 1.29 is 17.6 Å². The van der Waals surface area contributed by atoms with Crippen LogP contribution < -0.4 is 10.2 Å². The highest BCUT2D eigenvalue weighted by Gasteiger charge is 2.49. The highest BCUT2D eigenvalue weighted by atomic mass is 32.2. The third-order valence-electron chi connectivity index (χ3n) is 6.65. The molecule has 1 N–H and O–H groups in total. The highest BCUT2D eigenvalue weighted by Crippen LogP contribution is 2.43. The van der Waals surface area contributed by atoms with Crippen molar-refractivity contribution >= 4 is 21.4 Å². The zero-order valence-electron chi connectivity index (χ0n) is 16.5. The van der Waals surface area contributed by atoms with Crippen LogP contribution in [0.3, 0.4) is 0 Å². The fourth-order valence-corrected chi connectivity index (χ4v) is 7.47. The molecule has 8 nitrogen and oxygen atoms in total. The molecule has 1 spiro atoms. The molecule has 3 aliphatic heterocycles. The van der Waals surface area contributed by atoms with Gasteiger partial charge in [0.1, 0.15) is 18.5 Å². The molecule has 30 heavy (non-hydrogen) atoms. The van der Waals surface area contributed by atoms with E-state index < -0.39 is 9.84 Å².